The van der Waals surface area contributed by atoms with Crippen LogP contribution in [0.3, 0.4) is 0 Å². The second kappa shape index (κ2) is 9.63. The van der Waals surface area contributed by atoms with E-state index in [2.05, 4.69) is 45.5 Å². The van der Waals surface area contributed by atoms with Gasteiger partial charge >= 0.3 is 0 Å². The Labute approximate surface area is 192 Å². The number of nitrogens with one attached hydrogen (secondary N) is 1. The fourth-order valence-corrected chi connectivity index (χ4v) is 3.90. The molecule has 7 nitrogen and oxygen atoms in total. The molecule has 1 aliphatic rings. The molecule has 2 aromatic heterocycles. The van der Waals surface area contributed by atoms with Crippen molar-refractivity contribution in [3.05, 3.63) is 84.1 Å². The first-order valence-electron chi connectivity index (χ1n) is 11.0. The Kier molecular flexibility index (Phi) is 6.09. The second-order valence-electron chi connectivity index (χ2n) is 7.97. The zero-order valence-corrected chi connectivity index (χ0v) is 18.1. The zero-order chi connectivity index (χ0) is 22.5. The van der Waals surface area contributed by atoms with Gasteiger partial charge in [-0.1, -0.05) is 24.3 Å². The van der Waals surface area contributed by atoms with Crippen LogP contribution in [0, 0.1) is 11.3 Å². The van der Waals surface area contributed by atoms with Crippen LogP contribution in [-0.2, 0) is 11.2 Å². The van der Waals surface area contributed by atoms with Crippen molar-refractivity contribution in [2.24, 2.45) is 0 Å². The number of H-pyrrole nitrogens is 1. The van der Waals surface area contributed by atoms with E-state index in [1.54, 1.807) is 12.4 Å². The number of rotatable bonds is 6. The first-order valence-corrected chi connectivity index (χ1v) is 11.0. The summed E-state index contributed by atoms with van der Waals surface area (Å²) in [4.78, 5) is 9.18. The molecule has 164 valence electrons. The largest absolute Gasteiger partial charge is 0.489 e. The van der Waals surface area contributed by atoms with Gasteiger partial charge in [-0.25, -0.2) is 9.97 Å². The summed E-state index contributed by atoms with van der Waals surface area (Å²) in [5.74, 6) is 1.34. The van der Waals surface area contributed by atoms with Crippen LogP contribution in [0.15, 0.2) is 67.1 Å². The number of benzene rings is 2. The molecular weight excluding hydrogens is 414 g/mol. The zero-order valence-electron chi connectivity index (χ0n) is 18.1. The lowest BCUT2D eigenvalue weighted by Gasteiger charge is -2.23. The van der Waals surface area contributed by atoms with Crippen molar-refractivity contribution in [3.63, 3.8) is 0 Å². The van der Waals surface area contributed by atoms with E-state index in [9.17, 15) is 5.26 Å². The van der Waals surface area contributed by atoms with E-state index in [0.717, 1.165) is 46.6 Å². The quantitative estimate of drug-likeness (QED) is 0.475. The van der Waals surface area contributed by atoms with Gasteiger partial charge in [0.25, 0.3) is 0 Å². The molecule has 1 N–H and O–H groups in total. The molecule has 5 rings (SSSR count). The van der Waals surface area contributed by atoms with E-state index < -0.39 is 0 Å². The van der Waals surface area contributed by atoms with Gasteiger partial charge < -0.3 is 9.47 Å². The maximum Gasteiger partial charge on any atom is 0.137 e. The van der Waals surface area contributed by atoms with Crippen LogP contribution in [0.5, 0.6) is 5.75 Å². The standard InChI is InChI=1S/C26H23N5O2/c27-15-21-14-20(5-6-25(21)33-23-8-11-32-12-9-23)24-7-10-28-26(31-24)13-18-1-3-19(4-2-18)22-16-29-30-17-22/h1-7,10,14,16-17,23H,8-9,11-13H2,(H,29,30). The predicted molar refractivity (Wildman–Crippen MR) is 123 cm³/mol. The third-order valence-electron chi connectivity index (χ3n) is 5.71. The van der Waals surface area contributed by atoms with E-state index in [0.29, 0.717) is 30.9 Å². The maximum atomic E-state index is 9.67. The van der Waals surface area contributed by atoms with Crippen molar-refractivity contribution < 1.29 is 9.47 Å². The van der Waals surface area contributed by atoms with Gasteiger partial charge in [0.1, 0.15) is 23.7 Å². The molecule has 0 radical (unpaired) electrons. The fraction of sp³-hybridized carbons (Fsp3) is 0.231. The summed E-state index contributed by atoms with van der Waals surface area (Å²) in [6.07, 6.45) is 7.82. The number of nitrogens with zero attached hydrogens (tertiary/aromatic N) is 4. The second-order valence-corrected chi connectivity index (χ2v) is 7.97. The van der Waals surface area contributed by atoms with Gasteiger partial charge in [0, 0.05) is 42.8 Å². The number of nitriles is 1. The molecule has 7 heteroatoms. The predicted octanol–water partition coefficient (Wildman–Crippen LogP) is 4.55. The molecule has 0 amide bonds. The number of hydrogen-bond acceptors (Lipinski definition) is 6. The van der Waals surface area contributed by atoms with Crippen LogP contribution in [-0.4, -0.2) is 39.5 Å². The summed E-state index contributed by atoms with van der Waals surface area (Å²) in [6.45, 7) is 1.39. The Morgan fingerprint density at radius 2 is 1.85 bits per heavy atom. The highest BCUT2D eigenvalue weighted by Crippen LogP contribution is 2.28. The van der Waals surface area contributed by atoms with Crippen molar-refractivity contribution >= 4 is 0 Å². The highest BCUT2D eigenvalue weighted by Gasteiger charge is 2.17. The molecule has 0 atom stereocenters. The molecule has 1 fully saturated rings. The molecule has 1 aliphatic heterocycles. The average Bonchev–Trinajstić information content (AvgIpc) is 3.41. The smallest absolute Gasteiger partial charge is 0.137 e. The van der Waals surface area contributed by atoms with E-state index in [-0.39, 0.29) is 6.10 Å². The highest BCUT2D eigenvalue weighted by molar-refractivity contribution is 5.64. The van der Waals surface area contributed by atoms with Crippen LogP contribution in [0.2, 0.25) is 0 Å². The van der Waals surface area contributed by atoms with E-state index in [4.69, 9.17) is 14.5 Å². The minimum atomic E-state index is 0.0854. The van der Waals surface area contributed by atoms with E-state index >= 15 is 0 Å². The molecule has 1 saturated heterocycles. The van der Waals surface area contributed by atoms with Gasteiger partial charge in [0.05, 0.1) is 30.7 Å². The molecular formula is C26H23N5O2. The molecule has 0 aliphatic carbocycles. The van der Waals surface area contributed by atoms with E-state index in [1.165, 1.54) is 0 Å². The van der Waals surface area contributed by atoms with Crippen molar-refractivity contribution in [1.29, 1.82) is 5.26 Å². The number of aromatic nitrogens is 4. The van der Waals surface area contributed by atoms with Gasteiger partial charge in [-0.15, -0.1) is 0 Å². The molecule has 0 spiro atoms. The summed E-state index contributed by atoms with van der Waals surface area (Å²) in [5, 5.41) is 16.5. The minimum Gasteiger partial charge on any atom is -0.489 e. The van der Waals surface area contributed by atoms with Crippen LogP contribution < -0.4 is 4.74 Å². The van der Waals surface area contributed by atoms with Gasteiger partial charge in [-0.05, 0) is 35.4 Å². The summed E-state index contributed by atoms with van der Waals surface area (Å²) in [6, 6.07) is 18.1. The third kappa shape index (κ3) is 4.92. The normalized spacial score (nSPS) is 14.0. The van der Waals surface area contributed by atoms with Crippen LogP contribution >= 0.6 is 0 Å². The number of hydrogen-bond donors (Lipinski definition) is 1. The molecule has 33 heavy (non-hydrogen) atoms. The van der Waals surface area contributed by atoms with Gasteiger partial charge in [-0.2, -0.15) is 10.4 Å². The van der Waals surface area contributed by atoms with E-state index in [1.807, 2.05) is 30.5 Å². The molecule has 2 aromatic carbocycles. The Morgan fingerprint density at radius 1 is 1.03 bits per heavy atom. The third-order valence-corrected chi connectivity index (χ3v) is 5.71. The van der Waals surface area contributed by atoms with Crippen molar-refractivity contribution in [3.8, 4) is 34.2 Å². The first kappa shape index (κ1) is 20.9. The fourth-order valence-electron chi connectivity index (χ4n) is 3.90. The minimum absolute atomic E-state index is 0.0854. The topological polar surface area (TPSA) is 96.7 Å². The molecule has 0 bridgehead atoms. The Balaban J connectivity index is 1.32. The lowest BCUT2D eigenvalue weighted by molar-refractivity contribution is 0.0254. The lowest BCUT2D eigenvalue weighted by atomic mass is 10.0. The van der Waals surface area contributed by atoms with Crippen LogP contribution in [0.4, 0.5) is 0 Å². The summed E-state index contributed by atoms with van der Waals surface area (Å²) >= 11 is 0. The van der Waals surface area contributed by atoms with Crippen LogP contribution in [0.1, 0.15) is 29.8 Å². The maximum absolute atomic E-state index is 9.67. The lowest BCUT2D eigenvalue weighted by Crippen LogP contribution is -2.26. The SMILES string of the molecule is N#Cc1cc(-c2ccnc(Cc3ccc(-c4cn[nH]c4)cc3)n2)ccc1OC1CCOCC1. The summed E-state index contributed by atoms with van der Waals surface area (Å²) in [5.41, 5.74) is 5.44. The van der Waals surface area contributed by atoms with Crippen molar-refractivity contribution in [2.45, 2.75) is 25.4 Å². The summed E-state index contributed by atoms with van der Waals surface area (Å²) in [7, 11) is 0. The Morgan fingerprint density at radius 3 is 2.61 bits per heavy atom. The summed E-state index contributed by atoms with van der Waals surface area (Å²) < 4.78 is 11.5. The number of aromatic amines is 1. The highest BCUT2D eigenvalue weighted by atomic mass is 16.5. The van der Waals surface area contributed by atoms with Crippen LogP contribution in [0.25, 0.3) is 22.4 Å². The van der Waals surface area contributed by atoms with Crippen molar-refractivity contribution in [1.82, 2.24) is 20.2 Å². The van der Waals surface area contributed by atoms with Gasteiger partial charge in [0.15, 0.2) is 0 Å². The van der Waals surface area contributed by atoms with Gasteiger partial charge in [-0.3, -0.25) is 5.10 Å². The molecule has 0 unspecified atom stereocenters. The monoisotopic (exact) mass is 437 g/mol. The molecule has 0 saturated carbocycles. The van der Waals surface area contributed by atoms with Crippen molar-refractivity contribution in [2.75, 3.05) is 13.2 Å². The first-order chi connectivity index (χ1) is 16.3. The number of ether oxygens (including phenoxy) is 2. The molecule has 3 heterocycles. The average molecular weight is 438 g/mol. The molecule has 4 aromatic rings. The Hall–Kier alpha value is -4.02. The van der Waals surface area contributed by atoms with Gasteiger partial charge in [0.2, 0.25) is 0 Å². The Bertz CT molecular complexity index is 1260.